The van der Waals surface area contributed by atoms with Crippen molar-refractivity contribution in [1.82, 2.24) is 0 Å². The number of hydrogen-bond acceptors (Lipinski definition) is 1. The monoisotopic (exact) mass is 302 g/mol. The Balaban J connectivity index is 2.32. The van der Waals surface area contributed by atoms with Crippen molar-refractivity contribution in [2.45, 2.75) is 25.4 Å². The standard InChI is InChI=1S/C13H13BrF2O/c14-9-6-7-10(15)11(12(9)16)13(17)8-4-2-1-3-5-8/h1-2,6-8,13,17H,3-5H2. The summed E-state index contributed by atoms with van der Waals surface area (Å²) in [6.45, 7) is 0. The fourth-order valence-electron chi connectivity index (χ4n) is 2.15. The first kappa shape index (κ1) is 12.7. The van der Waals surface area contributed by atoms with E-state index in [-0.39, 0.29) is 16.0 Å². The van der Waals surface area contributed by atoms with Gasteiger partial charge in [-0.25, -0.2) is 8.78 Å². The molecular weight excluding hydrogens is 290 g/mol. The van der Waals surface area contributed by atoms with Crippen LogP contribution in [-0.2, 0) is 0 Å². The minimum absolute atomic E-state index is 0.113. The van der Waals surface area contributed by atoms with Gasteiger partial charge in [-0.1, -0.05) is 12.2 Å². The molecule has 0 aromatic heterocycles. The van der Waals surface area contributed by atoms with Crippen LogP contribution in [0.1, 0.15) is 30.9 Å². The highest BCUT2D eigenvalue weighted by molar-refractivity contribution is 9.10. The first-order valence-corrected chi connectivity index (χ1v) is 6.37. The second kappa shape index (κ2) is 5.27. The van der Waals surface area contributed by atoms with Crippen LogP contribution < -0.4 is 0 Å². The number of aliphatic hydroxyl groups excluding tert-OH is 1. The van der Waals surface area contributed by atoms with E-state index in [0.717, 1.165) is 12.8 Å². The van der Waals surface area contributed by atoms with Crippen molar-refractivity contribution >= 4 is 15.9 Å². The normalized spacial score (nSPS) is 21.5. The Morgan fingerprint density at radius 2 is 2.06 bits per heavy atom. The van der Waals surface area contributed by atoms with Crippen molar-refractivity contribution < 1.29 is 13.9 Å². The highest BCUT2D eigenvalue weighted by Crippen LogP contribution is 2.35. The molecule has 17 heavy (non-hydrogen) atoms. The van der Waals surface area contributed by atoms with Gasteiger partial charge in [-0.2, -0.15) is 0 Å². The van der Waals surface area contributed by atoms with E-state index < -0.39 is 17.7 Å². The van der Waals surface area contributed by atoms with Crippen LogP contribution in [0.3, 0.4) is 0 Å². The van der Waals surface area contributed by atoms with E-state index in [1.165, 1.54) is 12.1 Å². The molecule has 2 unspecified atom stereocenters. The summed E-state index contributed by atoms with van der Waals surface area (Å²) in [5.41, 5.74) is -0.223. The zero-order valence-corrected chi connectivity index (χ0v) is 10.8. The van der Waals surface area contributed by atoms with Crippen LogP contribution >= 0.6 is 15.9 Å². The molecule has 0 aliphatic heterocycles. The van der Waals surface area contributed by atoms with E-state index in [9.17, 15) is 13.9 Å². The summed E-state index contributed by atoms with van der Waals surface area (Å²) in [6.07, 6.45) is 5.15. The van der Waals surface area contributed by atoms with Gasteiger partial charge >= 0.3 is 0 Å². The minimum atomic E-state index is -1.09. The number of benzene rings is 1. The third-order valence-corrected chi connectivity index (χ3v) is 3.74. The Morgan fingerprint density at radius 1 is 1.29 bits per heavy atom. The van der Waals surface area contributed by atoms with Gasteiger partial charge in [0.25, 0.3) is 0 Å². The predicted octanol–water partition coefficient (Wildman–Crippen LogP) is 4.12. The highest BCUT2D eigenvalue weighted by atomic mass is 79.9. The van der Waals surface area contributed by atoms with Crippen LogP contribution in [0.4, 0.5) is 8.78 Å². The van der Waals surface area contributed by atoms with Gasteiger partial charge < -0.3 is 5.11 Å². The molecule has 2 atom stereocenters. The second-order valence-corrected chi connectivity index (χ2v) is 5.10. The van der Waals surface area contributed by atoms with Crippen LogP contribution in [-0.4, -0.2) is 5.11 Å². The molecule has 0 bridgehead atoms. The van der Waals surface area contributed by atoms with Crippen molar-refractivity contribution in [3.63, 3.8) is 0 Å². The van der Waals surface area contributed by atoms with Gasteiger partial charge in [-0.15, -0.1) is 0 Å². The number of hydrogen-bond donors (Lipinski definition) is 1. The molecular formula is C13H13BrF2O. The molecule has 2 rings (SSSR count). The largest absolute Gasteiger partial charge is 0.388 e. The first-order valence-electron chi connectivity index (χ1n) is 5.57. The quantitative estimate of drug-likeness (QED) is 0.644. The minimum Gasteiger partial charge on any atom is -0.388 e. The van der Waals surface area contributed by atoms with Crippen LogP contribution in [0.5, 0.6) is 0 Å². The molecule has 1 aromatic carbocycles. The molecule has 1 aliphatic carbocycles. The lowest BCUT2D eigenvalue weighted by molar-refractivity contribution is 0.0948. The fraction of sp³-hybridized carbons (Fsp3) is 0.385. The lowest BCUT2D eigenvalue weighted by atomic mass is 9.86. The molecule has 0 radical (unpaired) electrons. The molecule has 0 spiro atoms. The smallest absolute Gasteiger partial charge is 0.146 e. The van der Waals surface area contributed by atoms with Crippen LogP contribution in [0.2, 0.25) is 0 Å². The topological polar surface area (TPSA) is 20.2 Å². The van der Waals surface area contributed by atoms with E-state index >= 15 is 0 Å². The van der Waals surface area contributed by atoms with E-state index in [1.807, 2.05) is 12.2 Å². The molecule has 0 saturated heterocycles. The Kier molecular flexibility index (Phi) is 3.94. The Bertz CT molecular complexity index is 445. The number of aliphatic hydroxyl groups is 1. The summed E-state index contributed by atoms with van der Waals surface area (Å²) in [4.78, 5) is 0. The van der Waals surface area contributed by atoms with Crippen LogP contribution in [0.25, 0.3) is 0 Å². The van der Waals surface area contributed by atoms with Crippen molar-refractivity contribution in [2.24, 2.45) is 5.92 Å². The predicted molar refractivity (Wildman–Crippen MR) is 65.5 cm³/mol. The van der Waals surface area contributed by atoms with Crippen molar-refractivity contribution in [3.05, 3.63) is 46.0 Å². The van der Waals surface area contributed by atoms with Gasteiger partial charge in [0, 0.05) is 0 Å². The summed E-state index contributed by atoms with van der Waals surface area (Å²) in [7, 11) is 0. The van der Waals surface area contributed by atoms with E-state index in [2.05, 4.69) is 15.9 Å². The average molecular weight is 303 g/mol. The van der Waals surface area contributed by atoms with Gasteiger partial charge in [0.15, 0.2) is 0 Å². The first-order chi connectivity index (χ1) is 8.11. The van der Waals surface area contributed by atoms with E-state index in [1.54, 1.807) is 0 Å². The van der Waals surface area contributed by atoms with E-state index in [4.69, 9.17) is 0 Å². The molecule has 92 valence electrons. The molecule has 1 aliphatic rings. The van der Waals surface area contributed by atoms with Gasteiger partial charge in [-0.3, -0.25) is 0 Å². The molecule has 1 aromatic rings. The lowest BCUT2D eigenvalue weighted by Crippen LogP contribution is -2.17. The number of rotatable bonds is 2. The average Bonchev–Trinajstić information content (AvgIpc) is 2.35. The van der Waals surface area contributed by atoms with Crippen LogP contribution in [0.15, 0.2) is 28.8 Å². The molecule has 0 fully saturated rings. The molecule has 0 amide bonds. The molecule has 0 saturated carbocycles. The van der Waals surface area contributed by atoms with Crippen LogP contribution in [0, 0.1) is 17.6 Å². The van der Waals surface area contributed by atoms with Crippen molar-refractivity contribution in [3.8, 4) is 0 Å². The molecule has 1 N–H and O–H groups in total. The third kappa shape index (κ3) is 2.58. The zero-order chi connectivity index (χ0) is 12.4. The lowest BCUT2D eigenvalue weighted by Gasteiger charge is -2.24. The Morgan fingerprint density at radius 3 is 2.71 bits per heavy atom. The maximum absolute atomic E-state index is 13.8. The number of allylic oxidation sites excluding steroid dienone is 2. The zero-order valence-electron chi connectivity index (χ0n) is 9.17. The summed E-state index contributed by atoms with van der Waals surface area (Å²) in [6, 6.07) is 2.48. The Hall–Kier alpha value is -0.740. The van der Waals surface area contributed by atoms with Crippen molar-refractivity contribution in [1.29, 1.82) is 0 Å². The summed E-state index contributed by atoms with van der Waals surface area (Å²) < 4.78 is 27.6. The fourth-order valence-corrected chi connectivity index (χ4v) is 2.50. The summed E-state index contributed by atoms with van der Waals surface area (Å²) in [5.74, 6) is -1.50. The van der Waals surface area contributed by atoms with Gasteiger partial charge in [0.05, 0.1) is 16.1 Å². The number of halogens is 3. The molecule has 0 heterocycles. The maximum Gasteiger partial charge on any atom is 0.146 e. The highest BCUT2D eigenvalue weighted by Gasteiger charge is 2.27. The molecule has 4 heteroatoms. The Labute approximate surface area is 107 Å². The second-order valence-electron chi connectivity index (χ2n) is 4.25. The summed E-state index contributed by atoms with van der Waals surface area (Å²) >= 11 is 3.01. The van der Waals surface area contributed by atoms with Gasteiger partial charge in [0.1, 0.15) is 11.6 Å². The van der Waals surface area contributed by atoms with Gasteiger partial charge in [0.2, 0.25) is 0 Å². The van der Waals surface area contributed by atoms with E-state index in [0.29, 0.717) is 6.42 Å². The maximum atomic E-state index is 13.8. The molecule has 1 nitrogen and oxygen atoms in total. The van der Waals surface area contributed by atoms with Gasteiger partial charge in [-0.05, 0) is 53.2 Å². The summed E-state index contributed by atoms with van der Waals surface area (Å²) in [5, 5.41) is 10.1. The third-order valence-electron chi connectivity index (χ3n) is 3.13. The van der Waals surface area contributed by atoms with Crippen molar-refractivity contribution in [2.75, 3.05) is 0 Å². The SMILES string of the molecule is OC(c1c(F)ccc(Br)c1F)C1CC=CCC1.